The lowest BCUT2D eigenvalue weighted by molar-refractivity contribution is -0.00600. The Morgan fingerprint density at radius 2 is 2.08 bits per heavy atom. The third-order valence-electron chi connectivity index (χ3n) is 0.774. The van der Waals surface area contributed by atoms with Gasteiger partial charge in [-0.1, -0.05) is 12.1 Å². The molecule has 0 bridgehead atoms. The molecule has 0 radical (unpaired) electrons. The number of ether oxygens (including phenoxy) is 1. The molecule has 0 aromatic heterocycles. The van der Waals surface area contributed by atoms with Crippen molar-refractivity contribution in [3.05, 3.63) is 0 Å². The average molecular weight is 173 g/mol. The molecule has 0 heterocycles. The van der Waals surface area contributed by atoms with E-state index in [4.69, 9.17) is 4.74 Å². The van der Waals surface area contributed by atoms with E-state index in [2.05, 4.69) is 9.99 Å². The first kappa shape index (κ1) is 10.9. The zero-order valence-corrected chi connectivity index (χ0v) is 7.96. The minimum Gasteiger partial charge on any atom is -0.427 e. The van der Waals surface area contributed by atoms with E-state index < -0.39 is 11.8 Å². The highest BCUT2D eigenvalue weighted by Gasteiger charge is 2.17. The quantitative estimate of drug-likeness (QED) is 0.278. The summed E-state index contributed by atoms with van der Waals surface area (Å²) < 4.78 is 4.81. The summed E-state index contributed by atoms with van der Waals surface area (Å²) in [5.41, 5.74) is -0.529. The molecule has 4 heteroatoms. The Hall–Kier alpha value is -1.06. The molecule has 0 aliphatic heterocycles. The fourth-order valence-corrected chi connectivity index (χ4v) is 0.423. The number of rotatable bonds is 2. The summed E-state index contributed by atoms with van der Waals surface area (Å²) in [6, 6.07) is 0. The number of carbonyl (C=O) groups excluding carboxylic acids is 1. The molecular weight excluding hydrogens is 158 g/mol. The normalized spacial score (nSPS) is 11.7. The van der Waals surface area contributed by atoms with Gasteiger partial charge in [-0.2, -0.15) is 0 Å². The number of hydrogen-bond acceptors (Lipinski definition) is 4. The van der Waals surface area contributed by atoms with Crippen molar-refractivity contribution in [2.75, 3.05) is 0 Å². The number of oxime groups is 1. The highest BCUT2D eigenvalue weighted by Crippen LogP contribution is 2.07. The zero-order valence-electron chi connectivity index (χ0n) is 7.96. The lowest BCUT2D eigenvalue weighted by atomic mass is 10.2. The Labute approximate surface area is 72.5 Å². The average Bonchev–Trinajstić information content (AvgIpc) is 1.84. The molecule has 0 saturated heterocycles. The standard InChI is InChI=1S/C8H15NO3/c1-5-6-9-12-7(10)11-8(2,3)4/h6H,5H2,1-4H3/b9-6+. The maximum Gasteiger partial charge on any atom is 0.535 e. The van der Waals surface area contributed by atoms with Crippen molar-refractivity contribution in [3.63, 3.8) is 0 Å². The molecule has 0 amide bonds. The molecule has 70 valence electrons. The van der Waals surface area contributed by atoms with Gasteiger partial charge in [0, 0.05) is 6.21 Å². The monoisotopic (exact) mass is 173 g/mol. The van der Waals surface area contributed by atoms with E-state index in [9.17, 15) is 4.79 Å². The Balaban J connectivity index is 3.68. The molecule has 0 fully saturated rings. The van der Waals surface area contributed by atoms with Crippen LogP contribution >= 0.6 is 0 Å². The Morgan fingerprint density at radius 1 is 1.50 bits per heavy atom. The summed E-state index contributed by atoms with van der Waals surface area (Å²) in [5, 5.41) is 3.37. The molecule has 0 aromatic carbocycles. The van der Waals surface area contributed by atoms with Gasteiger partial charge in [-0.3, -0.25) is 4.84 Å². The SMILES string of the molecule is CC/C=N/OC(=O)OC(C)(C)C. The van der Waals surface area contributed by atoms with Gasteiger partial charge in [0.25, 0.3) is 0 Å². The molecule has 0 aliphatic rings. The van der Waals surface area contributed by atoms with Crippen molar-refractivity contribution in [1.29, 1.82) is 0 Å². The number of carbonyl (C=O) groups is 1. The third-order valence-corrected chi connectivity index (χ3v) is 0.774. The summed E-state index contributed by atoms with van der Waals surface area (Å²) in [6.07, 6.45) is 1.44. The minimum atomic E-state index is -0.771. The zero-order chi connectivity index (χ0) is 9.61. The van der Waals surface area contributed by atoms with Crippen LogP contribution in [-0.2, 0) is 9.57 Å². The predicted molar refractivity (Wildman–Crippen MR) is 46.1 cm³/mol. The molecule has 0 unspecified atom stereocenters. The van der Waals surface area contributed by atoms with Crippen LogP contribution < -0.4 is 0 Å². The second kappa shape index (κ2) is 4.74. The van der Waals surface area contributed by atoms with E-state index in [0.29, 0.717) is 0 Å². The van der Waals surface area contributed by atoms with Crippen LogP contribution in [0.15, 0.2) is 5.16 Å². The van der Waals surface area contributed by atoms with E-state index in [1.54, 1.807) is 20.8 Å². The van der Waals surface area contributed by atoms with Crippen LogP contribution in [0.4, 0.5) is 4.79 Å². The number of nitrogens with zero attached hydrogens (tertiary/aromatic N) is 1. The van der Waals surface area contributed by atoms with Crippen molar-refractivity contribution in [3.8, 4) is 0 Å². The van der Waals surface area contributed by atoms with Crippen molar-refractivity contribution in [1.82, 2.24) is 0 Å². The molecule has 0 saturated carbocycles. The van der Waals surface area contributed by atoms with Crippen LogP contribution in [0.2, 0.25) is 0 Å². The van der Waals surface area contributed by atoms with Gasteiger partial charge < -0.3 is 4.74 Å². The fourth-order valence-electron chi connectivity index (χ4n) is 0.423. The van der Waals surface area contributed by atoms with Crippen LogP contribution in [0.5, 0.6) is 0 Å². The van der Waals surface area contributed by atoms with Gasteiger partial charge in [0.2, 0.25) is 0 Å². The maximum atomic E-state index is 10.8. The first-order valence-electron chi connectivity index (χ1n) is 3.87. The molecule has 0 aromatic rings. The second-order valence-electron chi connectivity index (χ2n) is 3.25. The van der Waals surface area contributed by atoms with Crippen molar-refractivity contribution >= 4 is 12.4 Å². The second-order valence-corrected chi connectivity index (χ2v) is 3.25. The summed E-state index contributed by atoms with van der Waals surface area (Å²) in [6.45, 7) is 7.18. The molecule has 0 atom stereocenters. The van der Waals surface area contributed by atoms with Crippen LogP contribution in [0, 0.1) is 0 Å². The molecule has 4 nitrogen and oxygen atoms in total. The maximum absolute atomic E-state index is 10.8. The van der Waals surface area contributed by atoms with Gasteiger partial charge in [-0.05, 0) is 27.2 Å². The van der Waals surface area contributed by atoms with Crippen LogP contribution in [-0.4, -0.2) is 18.0 Å². The molecular formula is C8H15NO3. The lowest BCUT2D eigenvalue weighted by Gasteiger charge is -2.16. The smallest absolute Gasteiger partial charge is 0.427 e. The van der Waals surface area contributed by atoms with Gasteiger partial charge in [0.15, 0.2) is 0 Å². The first-order chi connectivity index (χ1) is 5.45. The largest absolute Gasteiger partial charge is 0.535 e. The number of hydrogen-bond donors (Lipinski definition) is 0. The van der Waals surface area contributed by atoms with E-state index in [1.807, 2.05) is 6.92 Å². The molecule has 0 rings (SSSR count). The molecule has 0 N–H and O–H groups in total. The molecule has 0 aliphatic carbocycles. The van der Waals surface area contributed by atoms with Crippen molar-refractivity contribution in [2.24, 2.45) is 5.16 Å². The molecule has 12 heavy (non-hydrogen) atoms. The minimum absolute atomic E-state index is 0.529. The van der Waals surface area contributed by atoms with Gasteiger partial charge in [-0.25, -0.2) is 4.79 Å². The van der Waals surface area contributed by atoms with Crippen molar-refractivity contribution in [2.45, 2.75) is 39.7 Å². The van der Waals surface area contributed by atoms with Crippen LogP contribution in [0.25, 0.3) is 0 Å². The lowest BCUT2D eigenvalue weighted by Crippen LogP contribution is -2.23. The van der Waals surface area contributed by atoms with Gasteiger partial charge in [0.1, 0.15) is 5.60 Å². The van der Waals surface area contributed by atoms with Crippen LogP contribution in [0.3, 0.4) is 0 Å². The van der Waals surface area contributed by atoms with Crippen LogP contribution in [0.1, 0.15) is 34.1 Å². The highest BCUT2D eigenvalue weighted by atomic mass is 16.8. The Kier molecular flexibility index (Phi) is 4.33. The Morgan fingerprint density at radius 3 is 2.50 bits per heavy atom. The van der Waals surface area contributed by atoms with E-state index in [-0.39, 0.29) is 0 Å². The van der Waals surface area contributed by atoms with Gasteiger partial charge in [-0.15, -0.1) is 0 Å². The van der Waals surface area contributed by atoms with E-state index in [1.165, 1.54) is 6.21 Å². The topological polar surface area (TPSA) is 47.9 Å². The molecule has 0 spiro atoms. The fraction of sp³-hybridized carbons (Fsp3) is 0.750. The third kappa shape index (κ3) is 7.05. The first-order valence-corrected chi connectivity index (χ1v) is 3.87. The van der Waals surface area contributed by atoms with E-state index in [0.717, 1.165) is 6.42 Å². The van der Waals surface area contributed by atoms with E-state index >= 15 is 0 Å². The summed E-state index contributed by atoms with van der Waals surface area (Å²) in [5.74, 6) is 0. The predicted octanol–water partition coefficient (Wildman–Crippen LogP) is 2.33. The summed E-state index contributed by atoms with van der Waals surface area (Å²) >= 11 is 0. The summed E-state index contributed by atoms with van der Waals surface area (Å²) in [4.78, 5) is 15.1. The summed E-state index contributed by atoms with van der Waals surface area (Å²) in [7, 11) is 0. The van der Waals surface area contributed by atoms with Crippen molar-refractivity contribution < 1.29 is 14.4 Å². The highest BCUT2D eigenvalue weighted by molar-refractivity contribution is 5.62. The Bertz CT molecular complexity index is 170. The van der Waals surface area contributed by atoms with Gasteiger partial charge >= 0.3 is 6.16 Å². The van der Waals surface area contributed by atoms with Gasteiger partial charge in [0.05, 0.1) is 0 Å².